The van der Waals surface area contributed by atoms with Crippen LogP contribution in [0.1, 0.15) is 39.0 Å². The molecular weight excluding hydrogens is 277 g/mol. The highest BCUT2D eigenvalue weighted by Crippen LogP contribution is 2.33. The molecule has 0 spiro atoms. The van der Waals surface area contributed by atoms with Crippen LogP contribution in [0, 0.1) is 11.3 Å². The zero-order valence-electron chi connectivity index (χ0n) is 12.5. The van der Waals surface area contributed by atoms with Gasteiger partial charge in [-0.15, -0.1) is 0 Å². The molecule has 0 aromatic heterocycles. The number of likely N-dealkylation sites (tertiary alicyclic amines) is 1. The van der Waals surface area contributed by atoms with E-state index in [9.17, 15) is 14.0 Å². The summed E-state index contributed by atoms with van der Waals surface area (Å²) in [7, 11) is 0. The third-order valence-electron chi connectivity index (χ3n) is 4.25. The Hall–Kier alpha value is -1.43. The Morgan fingerprint density at radius 1 is 1.29 bits per heavy atom. The Labute approximate surface area is 124 Å². The lowest BCUT2D eigenvalue weighted by Crippen LogP contribution is -2.49. The van der Waals surface area contributed by atoms with Gasteiger partial charge in [-0.1, -0.05) is 19.9 Å². The topological polar surface area (TPSA) is 77.8 Å². The van der Waals surface area contributed by atoms with E-state index in [0.717, 1.165) is 12.8 Å². The van der Waals surface area contributed by atoms with Gasteiger partial charge in [0.15, 0.2) is 5.41 Å². The number of carboxylic acid groups (broad SMARTS) is 2. The third-order valence-corrected chi connectivity index (χ3v) is 4.25. The van der Waals surface area contributed by atoms with Crippen molar-refractivity contribution in [2.75, 3.05) is 19.6 Å². The summed E-state index contributed by atoms with van der Waals surface area (Å²) < 4.78 is 13.0. The molecule has 0 amide bonds. The van der Waals surface area contributed by atoms with Crippen molar-refractivity contribution in [2.45, 2.75) is 39.0 Å². The average molecular weight is 301 g/mol. The van der Waals surface area contributed by atoms with E-state index < -0.39 is 17.4 Å². The zero-order valence-corrected chi connectivity index (χ0v) is 12.5. The molecule has 1 unspecified atom stereocenters. The standard InChI is InChI=1S/C15H24FNO4/c1-3-4-12(9-11(2)16)10-17-7-5-15(6-8-17,13(18)19)14(20)21/h12H,2-10H2,1H3,(H,18,19)(H,20,21). The van der Waals surface area contributed by atoms with E-state index >= 15 is 0 Å². The molecule has 0 aromatic carbocycles. The highest BCUT2D eigenvalue weighted by molar-refractivity contribution is 5.98. The second kappa shape index (κ2) is 7.54. The van der Waals surface area contributed by atoms with Crippen LogP contribution in [0.4, 0.5) is 4.39 Å². The van der Waals surface area contributed by atoms with Gasteiger partial charge in [0, 0.05) is 13.0 Å². The summed E-state index contributed by atoms with van der Waals surface area (Å²) in [4.78, 5) is 24.5. The first-order valence-electron chi connectivity index (χ1n) is 7.34. The van der Waals surface area contributed by atoms with Crippen molar-refractivity contribution in [1.82, 2.24) is 4.90 Å². The van der Waals surface area contributed by atoms with Crippen molar-refractivity contribution in [3.8, 4) is 0 Å². The number of halogens is 1. The molecule has 5 nitrogen and oxygen atoms in total. The second-order valence-electron chi connectivity index (χ2n) is 5.87. The number of piperidine rings is 1. The minimum atomic E-state index is -1.67. The lowest BCUT2D eigenvalue weighted by Gasteiger charge is -2.37. The predicted molar refractivity (Wildman–Crippen MR) is 76.6 cm³/mol. The van der Waals surface area contributed by atoms with Crippen LogP contribution in [0.5, 0.6) is 0 Å². The minimum absolute atomic E-state index is 0.0904. The highest BCUT2D eigenvalue weighted by atomic mass is 19.1. The molecule has 1 heterocycles. The molecule has 1 atom stereocenters. The van der Waals surface area contributed by atoms with Crippen LogP contribution < -0.4 is 0 Å². The van der Waals surface area contributed by atoms with Crippen LogP contribution >= 0.6 is 0 Å². The number of rotatable bonds is 8. The number of carboxylic acids is 2. The fraction of sp³-hybridized carbons (Fsp3) is 0.733. The van der Waals surface area contributed by atoms with Gasteiger partial charge in [-0.2, -0.15) is 0 Å². The normalized spacial score (nSPS) is 19.9. The number of carbonyl (C=O) groups is 2. The van der Waals surface area contributed by atoms with Crippen LogP contribution in [0.25, 0.3) is 0 Å². The molecule has 1 aliphatic rings. The largest absolute Gasteiger partial charge is 0.480 e. The van der Waals surface area contributed by atoms with E-state index in [0.29, 0.717) is 26.1 Å². The Morgan fingerprint density at radius 3 is 2.19 bits per heavy atom. The Morgan fingerprint density at radius 2 is 1.81 bits per heavy atom. The number of aliphatic carboxylic acids is 2. The van der Waals surface area contributed by atoms with Crippen LogP contribution in [0.3, 0.4) is 0 Å². The summed E-state index contributed by atoms with van der Waals surface area (Å²) in [5, 5.41) is 18.3. The van der Waals surface area contributed by atoms with E-state index in [4.69, 9.17) is 10.2 Å². The van der Waals surface area contributed by atoms with Gasteiger partial charge >= 0.3 is 11.9 Å². The summed E-state index contributed by atoms with van der Waals surface area (Å²) in [5.41, 5.74) is -1.67. The van der Waals surface area contributed by atoms with Crippen LogP contribution in [-0.2, 0) is 9.59 Å². The molecule has 0 aromatic rings. The molecule has 0 aliphatic carbocycles. The molecule has 120 valence electrons. The van der Waals surface area contributed by atoms with E-state index in [-0.39, 0.29) is 24.6 Å². The van der Waals surface area contributed by atoms with Crippen LogP contribution in [-0.4, -0.2) is 46.7 Å². The molecule has 1 rings (SSSR count). The number of hydrogen-bond acceptors (Lipinski definition) is 3. The Kier molecular flexibility index (Phi) is 6.33. The number of allylic oxidation sites excluding steroid dienone is 1. The maximum Gasteiger partial charge on any atom is 0.321 e. The average Bonchev–Trinajstić information content (AvgIpc) is 2.38. The van der Waals surface area contributed by atoms with Gasteiger partial charge in [0.1, 0.15) is 0 Å². The summed E-state index contributed by atoms with van der Waals surface area (Å²) >= 11 is 0. The zero-order chi connectivity index (χ0) is 16.0. The summed E-state index contributed by atoms with van der Waals surface area (Å²) in [6, 6.07) is 0. The minimum Gasteiger partial charge on any atom is -0.480 e. The van der Waals surface area contributed by atoms with E-state index in [1.807, 2.05) is 11.8 Å². The van der Waals surface area contributed by atoms with Crippen molar-refractivity contribution in [1.29, 1.82) is 0 Å². The van der Waals surface area contributed by atoms with Gasteiger partial charge in [0.05, 0.1) is 5.83 Å². The van der Waals surface area contributed by atoms with Crippen molar-refractivity contribution in [3.63, 3.8) is 0 Å². The molecule has 0 radical (unpaired) electrons. The summed E-state index contributed by atoms with van der Waals surface area (Å²) in [6.45, 7) is 6.82. The van der Waals surface area contributed by atoms with Gasteiger partial charge in [0.25, 0.3) is 0 Å². The molecule has 1 fully saturated rings. The Balaban J connectivity index is 2.60. The maximum absolute atomic E-state index is 13.0. The maximum atomic E-state index is 13.0. The fourth-order valence-corrected chi connectivity index (χ4v) is 2.98. The molecule has 0 bridgehead atoms. The van der Waals surface area contributed by atoms with Crippen LogP contribution in [0.15, 0.2) is 12.4 Å². The molecule has 1 saturated heterocycles. The first kappa shape index (κ1) is 17.6. The van der Waals surface area contributed by atoms with E-state index in [2.05, 4.69) is 6.58 Å². The quantitative estimate of drug-likeness (QED) is 0.674. The van der Waals surface area contributed by atoms with Crippen molar-refractivity contribution in [2.24, 2.45) is 11.3 Å². The number of nitrogens with zero attached hydrogens (tertiary/aromatic N) is 1. The van der Waals surface area contributed by atoms with Gasteiger partial charge < -0.3 is 15.1 Å². The molecular formula is C15H24FNO4. The molecule has 0 saturated carbocycles. The van der Waals surface area contributed by atoms with Crippen molar-refractivity contribution in [3.05, 3.63) is 12.4 Å². The van der Waals surface area contributed by atoms with E-state index in [1.54, 1.807) is 0 Å². The van der Waals surface area contributed by atoms with E-state index in [1.165, 1.54) is 0 Å². The number of hydrogen-bond donors (Lipinski definition) is 2. The highest BCUT2D eigenvalue weighted by Gasteiger charge is 2.48. The fourth-order valence-electron chi connectivity index (χ4n) is 2.98. The molecule has 2 N–H and O–H groups in total. The Bertz CT molecular complexity index is 386. The monoisotopic (exact) mass is 301 g/mol. The summed E-state index contributed by atoms with van der Waals surface area (Å²) in [5.74, 6) is -2.72. The predicted octanol–water partition coefficient (Wildman–Crippen LogP) is 2.53. The van der Waals surface area contributed by atoms with Crippen molar-refractivity contribution >= 4 is 11.9 Å². The first-order chi connectivity index (χ1) is 9.81. The second-order valence-corrected chi connectivity index (χ2v) is 5.87. The lowest BCUT2D eigenvalue weighted by molar-refractivity contribution is -0.168. The van der Waals surface area contributed by atoms with Gasteiger partial charge in [-0.05, 0) is 38.3 Å². The van der Waals surface area contributed by atoms with Crippen molar-refractivity contribution < 1.29 is 24.2 Å². The molecule has 21 heavy (non-hydrogen) atoms. The van der Waals surface area contributed by atoms with Crippen LogP contribution in [0.2, 0.25) is 0 Å². The van der Waals surface area contributed by atoms with Gasteiger partial charge in [-0.3, -0.25) is 9.59 Å². The van der Waals surface area contributed by atoms with Gasteiger partial charge in [-0.25, -0.2) is 4.39 Å². The molecule has 6 heteroatoms. The smallest absolute Gasteiger partial charge is 0.321 e. The first-order valence-corrected chi connectivity index (χ1v) is 7.34. The molecule has 1 aliphatic heterocycles. The lowest BCUT2D eigenvalue weighted by atomic mass is 9.78. The van der Waals surface area contributed by atoms with Gasteiger partial charge in [0.2, 0.25) is 0 Å². The SMILES string of the molecule is C=C(F)CC(CCC)CN1CCC(C(=O)O)(C(=O)O)CC1. The summed E-state index contributed by atoms with van der Waals surface area (Å²) in [6.07, 6.45) is 2.32. The third kappa shape index (κ3) is 4.52.